The van der Waals surface area contributed by atoms with Gasteiger partial charge in [0, 0.05) is 12.3 Å². The summed E-state index contributed by atoms with van der Waals surface area (Å²) in [5.74, 6) is 1.97. The molecule has 0 aliphatic rings. The number of rotatable bonds is 4. The molecule has 1 rings (SSSR count). The molecule has 0 saturated carbocycles. The van der Waals surface area contributed by atoms with Crippen LogP contribution >= 0.6 is 7.14 Å². The maximum Gasteiger partial charge on any atom is 0.108 e. The number of hydrogen-bond acceptors (Lipinski definition) is 1. The lowest BCUT2D eigenvalue weighted by molar-refractivity contribution is 0.582. The molecule has 0 aliphatic heterocycles. The normalized spacial score (nSPS) is 12.9. The van der Waals surface area contributed by atoms with Crippen molar-refractivity contribution in [1.82, 2.24) is 0 Å². The van der Waals surface area contributed by atoms with E-state index in [1.54, 1.807) is 0 Å². The zero-order valence-electron chi connectivity index (χ0n) is 9.73. The zero-order chi connectivity index (χ0) is 11.3. The van der Waals surface area contributed by atoms with Crippen LogP contribution in [0.4, 0.5) is 0 Å². The predicted molar refractivity (Wildman–Crippen MR) is 68.8 cm³/mol. The molecule has 0 aromatic heterocycles. The maximum absolute atomic E-state index is 12.3. The third-order valence-electron chi connectivity index (χ3n) is 2.73. The second-order valence-electron chi connectivity index (χ2n) is 3.76. The quantitative estimate of drug-likeness (QED) is 0.688. The van der Waals surface area contributed by atoms with Crippen molar-refractivity contribution in [3.63, 3.8) is 0 Å². The Balaban J connectivity index is 2.99. The van der Waals surface area contributed by atoms with Crippen molar-refractivity contribution in [2.45, 2.75) is 20.8 Å². The van der Waals surface area contributed by atoms with E-state index in [1.165, 1.54) is 5.56 Å². The van der Waals surface area contributed by atoms with Crippen LogP contribution in [0.1, 0.15) is 26.3 Å². The van der Waals surface area contributed by atoms with Crippen molar-refractivity contribution in [3.05, 3.63) is 41.7 Å². The van der Waals surface area contributed by atoms with E-state index in [0.717, 1.165) is 17.9 Å². The molecule has 0 radical (unpaired) electrons. The topological polar surface area (TPSA) is 17.1 Å². The molecule has 0 amide bonds. The number of benzene rings is 1. The van der Waals surface area contributed by atoms with Crippen molar-refractivity contribution in [2.24, 2.45) is 0 Å². The van der Waals surface area contributed by atoms with E-state index in [-0.39, 0.29) is 0 Å². The monoisotopic (exact) mass is 222 g/mol. The van der Waals surface area contributed by atoms with Gasteiger partial charge in [-0.05, 0) is 23.9 Å². The molecule has 0 heterocycles. The fraction of sp³-hybridized carbons (Fsp3) is 0.385. The summed E-state index contributed by atoms with van der Waals surface area (Å²) < 4.78 is 12.3. The van der Waals surface area contributed by atoms with E-state index in [4.69, 9.17) is 0 Å². The number of hydrogen-bond donors (Lipinski definition) is 0. The maximum atomic E-state index is 12.3. The van der Waals surface area contributed by atoms with Crippen LogP contribution in [0, 0.1) is 0 Å². The van der Waals surface area contributed by atoms with Gasteiger partial charge in [-0.2, -0.15) is 0 Å². The van der Waals surface area contributed by atoms with Crippen molar-refractivity contribution < 1.29 is 4.57 Å². The average molecular weight is 222 g/mol. The Morgan fingerprint density at radius 1 is 1.20 bits per heavy atom. The fourth-order valence-corrected chi connectivity index (χ4v) is 3.20. The average Bonchev–Trinajstić information content (AvgIpc) is 2.30. The molecule has 1 nitrogen and oxygen atoms in total. The van der Waals surface area contributed by atoms with Crippen LogP contribution in [0.3, 0.4) is 0 Å². The highest BCUT2D eigenvalue weighted by atomic mass is 31.2. The summed E-state index contributed by atoms with van der Waals surface area (Å²) in [6.45, 7) is 6.03. The SMILES string of the molecule is CCP(=O)(C=C(C)c1ccccc1)CC. The molecule has 2 heteroatoms. The Hall–Kier alpha value is -0.810. The third kappa shape index (κ3) is 3.35. The summed E-state index contributed by atoms with van der Waals surface area (Å²) in [6.07, 6.45) is 1.52. The molecular formula is C13H19OP. The van der Waals surface area contributed by atoms with E-state index < -0.39 is 7.14 Å². The minimum Gasteiger partial charge on any atom is -0.319 e. The van der Waals surface area contributed by atoms with Gasteiger partial charge >= 0.3 is 0 Å². The molecule has 0 fully saturated rings. The van der Waals surface area contributed by atoms with Gasteiger partial charge in [0.05, 0.1) is 0 Å². The highest BCUT2D eigenvalue weighted by Crippen LogP contribution is 2.48. The Labute approximate surface area is 92.6 Å². The molecule has 82 valence electrons. The molecule has 0 bridgehead atoms. The first-order valence-corrected chi connectivity index (χ1v) is 7.58. The molecule has 0 atom stereocenters. The van der Waals surface area contributed by atoms with Crippen LogP contribution in [0.5, 0.6) is 0 Å². The van der Waals surface area contributed by atoms with Gasteiger partial charge in [0.2, 0.25) is 0 Å². The standard InChI is InChI=1S/C13H19OP/c1-4-15(14,5-2)11-12(3)13-9-7-6-8-10-13/h6-11H,4-5H2,1-3H3. The third-order valence-corrected chi connectivity index (χ3v) is 5.73. The van der Waals surface area contributed by atoms with Gasteiger partial charge in [0.1, 0.15) is 7.14 Å². The lowest BCUT2D eigenvalue weighted by Crippen LogP contribution is -1.87. The summed E-state index contributed by atoms with van der Waals surface area (Å²) in [5.41, 5.74) is 2.29. The van der Waals surface area contributed by atoms with Gasteiger partial charge < -0.3 is 4.57 Å². The lowest BCUT2D eigenvalue weighted by Gasteiger charge is -2.10. The lowest BCUT2D eigenvalue weighted by atomic mass is 10.1. The first-order valence-electron chi connectivity index (χ1n) is 5.44. The van der Waals surface area contributed by atoms with E-state index in [2.05, 4.69) is 12.1 Å². The smallest absolute Gasteiger partial charge is 0.108 e. The highest BCUT2D eigenvalue weighted by molar-refractivity contribution is 7.67. The second kappa shape index (κ2) is 5.32. The first-order chi connectivity index (χ1) is 7.11. The van der Waals surface area contributed by atoms with Gasteiger partial charge in [-0.3, -0.25) is 0 Å². The molecular weight excluding hydrogens is 203 g/mol. The molecule has 0 spiro atoms. The van der Waals surface area contributed by atoms with Crippen molar-refractivity contribution in [2.75, 3.05) is 12.3 Å². The van der Waals surface area contributed by atoms with E-state index in [0.29, 0.717) is 0 Å². The van der Waals surface area contributed by atoms with Crippen LogP contribution in [-0.2, 0) is 4.57 Å². The van der Waals surface area contributed by atoms with Crippen LogP contribution in [0.2, 0.25) is 0 Å². The number of allylic oxidation sites excluding steroid dienone is 1. The fourth-order valence-electron chi connectivity index (χ4n) is 1.53. The summed E-state index contributed by atoms with van der Waals surface area (Å²) in [6, 6.07) is 10.1. The van der Waals surface area contributed by atoms with Crippen molar-refractivity contribution in [1.29, 1.82) is 0 Å². The molecule has 0 saturated heterocycles. The Kier molecular flexibility index (Phi) is 4.35. The van der Waals surface area contributed by atoms with Gasteiger partial charge in [-0.15, -0.1) is 0 Å². The molecule has 0 N–H and O–H groups in total. The summed E-state index contributed by atoms with van der Waals surface area (Å²) >= 11 is 0. The van der Waals surface area contributed by atoms with Crippen LogP contribution in [0.15, 0.2) is 36.1 Å². The minimum atomic E-state index is -2.06. The van der Waals surface area contributed by atoms with Gasteiger partial charge in [0.25, 0.3) is 0 Å². The first kappa shape index (κ1) is 12.3. The van der Waals surface area contributed by atoms with Crippen LogP contribution in [0.25, 0.3) is 5.57 Å². The molecule has 1 aromatic rings. The minimum absolute atomic E-state index is 0.758. The Morgan fingerprint density at radius 3 is 2.20 bits per heavy atom. The second-order valence-corrected chi connectivity index (χ2v) is 7.19. The molecule has 0 aliphatic carbocycles. The van der Waals surface area contributed by atoms with Crippen LogP contribution < -0.4 is 0 Å². The van der Waals surface area contributed by atoms with Gasteiger partial charge in [0.15, 0.2) is 0 Å². The highest BCUT2D eigenvalue weighted by Gasteiger charge is 2.13. The summed E-state index contributed by atoms with van der Waals surface area (Å²) in [5, 5.41) is 0. The van der Waals surface area contributed by atoms with Gasteiger partial charge in [-0.1, -0.05) is 44.2 Å². The molecule has 0 unspecified atom stereocenters. The predicted octanol–water partition coefficient (Wildman–Crippen LogP) is 4.45. The zero-order valence-corrected chi connectivity index (χ0v) is 10.6. The van der Waals surface area contributed by atoms with Crippen LogP contribution in [-0.4, -0.2) is 12.3 Å². The molecule has 15 heavy (non-hydrogen) atoms. The Bertz CT molecular complexity index is 371. The van der Waals surface area contributed by atoms with Crippen molar-refractivity contribution >= 4 is 12.7 Å². The van der Waals surface area contributed by atoms with E-state index >= 15 is 0 Å². The van der Waals surface area contributed by atoms with Gasteiger partial charge in [-0.25, -0.2) is 0 Å². The molecule has 1 aromatic carbocycles. The largest absolute Gasteiger partial charge is 0.319 e. The van der Waals surface area contributed by atoms with E-state index in [1.807, 2.05) is 44.8 Å². The Morgan fingerprint density at radius 2 is 1.73 bits per heavy atom. The van der Waals surface area contributed by atoms with Crippen molar-refractivity contribution in [3.8, 4) is 0 Å². The summed E-state index contributed by atoms with van der Waals surface area (Å²) in [4.78, 5) is 0. The summed E-state index contributed by atoms with van der Waals surface area (Å²) in [7, 11) is -2.06. The van der Waals surface area contributed by atoms with E-state index in [9.17, 15) is 4.57 Å².